The number of nitrogens with zero attached hydrogens (tertiary/aromatic N) is 2. The standard InChI is InChI=1S/C27H33N3O7/c1-6-35-24(32)20-21(29-15-11-14-19(29)16-28-26(34)37-27(3,4)5)23(31)30(22(20)25(33)36-7-2)17-18-12-9-8-10-13-18/h8-15,31H,6-7,16-17H2,1-5H3,(H,28,34). The van der Waals surface area contributed by atoms with E-state index in [0.717, 1.165) is 5.56 Å². The molecule has 0 saturated carbocycles. The molecule has 0 bridgehead atoms. The average Bonchev–Trinajstić information content (AvgIpc) is 3.40. The second-order valence-corrected chi connectivity index (χ2v) is 9.13. The third kappa shape index (κ3) is 6.52. The highest BCUT2D eigenvalue weighted by Crippen LogP contribution is 2.35. The predicted molar refractivity (Wildman–Crippen MR) is 136 cm³/mol. The molecule has 10 heteroatoms. The van der Waals surface area contributed by atoms with Crippen LogP contribution in [0.15, 0.2) is 48.7 Å². The summed E-state index contributed by atoms with van der Waals surface area (Å²) in [4.78, 5) is 38.5. The molecule has 0 fully saturated rings. The van der Waals surface area contributed by atoms with E-state index in [4.69, 9.17) is 14.2 Å². The van der Waals surface area contributed by atoms with E-state index in [9.17, 15) is 19.5 Å². The molecule has 1 aromatic carbocycles. The van der Waals surface area contributed by atoms with Crippen molar-refractivity contribution in [2.24, 2.45) is 0 Å². The normalized spacial score (nSPS) is 11.2. The Hall–Kier alpha value is -4.21. The van der Waals surface area contributed by atoms with Gasteiger partial charge in [-0.1, -0.05) is 30.3 Å². The average molecular weight is 512 g/mol. The van der Waals surface area contributed by atoms with E-state index in [1.54, 1.807) is 52.9 Å². The number of benzene rings is 1. The first-order chi connectivity index (χ1) is 17.6. The number of aromatic nitrogens is 2. The zero-order valence-electron chi connectivity index (χ0n) is 21.7. The molecule has 0 aliphatic heterocycles. The van der Waals surface area contributed by atoms with Crippen LogP contribution in [0.4, 0.5) is 4.79 Å². The maximum Gasteiger partial charge on any atom is 0.407 e. The summed E-state index contributed by atoms with van der Waals surface area (Å²) >= 11 is 0. The summed E-state index contributed by atoms with van der Waals surface area (Å²) in [7, 11) is 0. The summed E-state index contributed by atoms with van der Waals surface area (Å²) in [6.07, 6.45) is 0.995. The first-order valence-corrected chi connectivity index (χ1v) is 12.0. The summed E-state index contributed by atoms with van der Waals surface area (Å²) in [6, 6.07) is 12.6. The lowest BCUT2D eigenvalue weighted by atomic mass is 10.2. The molecule has 0 spiro atoms. The molecule has 1 amide bonds. The number of alkyl carbamates (subject to hydrolysis) is 1. The molecule has 2 heterocycles. The highest BCUT2D eigenvalue weighted by atomic mass is 16.6. The summed E-state index contributed by atoms with van der Waals surface area (Å²) in [5.41, 5.74) is 0.423. The van der Waals surface area contributed by atoms with Crippen LogP contribution in [-0.4, -0.2) is 51.1 Å². The van der Waals surface area contributed by atoms with E-state index < -0.39 is 23.6 Å². The van der Waals surface area contributed by atoms with Crippen molar-refractivity contribution in [2.75, 3.05) is 13.2 Å². The Labute approximate surface area is 215 Å². The van der Waals surface area contributed by atoms with Crippen LogP contribution in [0.2, 0.25) is 0 Å². The van der Waals surface area contributed by atoms with E-state index in [1.807, 2.05) is 30.3 Å². The fraction of sp³-hybridized carbons (Fsp3) is 0.370. The molecule has 0 radical (unpaired) electrons. The summed E-state index contributed by atoms with van der Waals surface area (Å²) in [6.45, 7) is 8.82. The molecule has 2 aromatic heterocycles. The zero-order valence-corrected chi connectivity index (χ0v) is 21.7. The Morgan fingerprint density at radius 2 is 1.59 bits per heavy atom. The zero-order chi connectivity index (χ0) is 27.2. The fourth-order valence-electron chi connectivity index (χ4n) is 3.80. The minimum atomic E-state index is -0.789. The van der Waals surface area contributed by atoms with Gasteiger partial charge in [-0.15, -0.1) is 0 Å². The Balaban J connectivity index is 2.15. The van der Waals surface area contributed by atoms with E-state index >= 15 is 0 Å². The first kappa shape index (κ1) is 27.4. The Morgan fingerprint density at radius 3 is 2.22 bits per heavy atom. The molecule has 2 N–H and O–H groups in total. The maximum atomic E-state index is 13.2. The van der Waals surface area contributed by atoms with Crippen molar-refractivity contribution in [1.82, 2.24) is 14.5 Å². The second-order valence-electron chi connectivity index (χ2n) is 9.13. The quantitative estimate of drug-likeness (QED) is 0.322. The highest BCUT2D eigenvalue weighted by molar-refractivity contribution is 6.06. The molecule has 0 saturated heterocycles. The number of hydrogen-bond donors (Lipinski definition) is 2. The van der Waals surface area contributed by atoms with Gasteiger partial charge in [0.15, 0.2) is 0 Å². The smallest absolute Gasteiger partial charge is 0.407 e. The number of carbonyl (C=O) groups is 3. The van der Waals surface area contributed by atoms with Gasteiger partial charge in [-0.2, -0.15) is 0 Å². The summed E-state index contributed by atoms with van der Waals surface area (Å²) in [5, 5.41) is 14.1. The van der Waals surface area contributed by atoms with Crippen molar-refractivity contribution in [3.63, 3.8) is 0 Å². The molecule has 3 rings (SSSR count). The van der Waals surface area contributed by atoms with Gasteiger partial charge in [0.1, 0.15) is 22.5 Å². The molecular weight excluding hydrogens is 478 g/mol. The number of hydrogen-bond acceptors (Lipinski definition) is 7. The van der Waals surface area contributed by atoms with Crippen molar-refractivity contribution >= 4 is 18.0 Å². The number of ether oxygens (including phenoxy) is 3. The molecule has 10 nitrogen and oxygen atoms in total. The second kappa shape index (κ2) is 11.7. The predicted octanol–water partition coefficient (Wildman–Crippen LogP) is 4.41. The Kier molecular flexibility index (Phi) is 8.65. The van der Waals surface area contributed by atoms with Crippen molar-refractivity contribution in [1.29, 1.82) is 0 Å². The molecule has 0 atom stereocenters. The van der Waals surface area contributed by atoms with Gasteiger partial charge < -0.3 is 29.2 Å². The topological polar surface area (TPSA) is 121 Å². The van der Waals surface area contributed by atoms with Crippen LogP contribution >= 0.6 is 0 Å². The number of carbonyl (C=O) groups excluding carboxylic acids is 3. The number of aromatic hydroxyl groups is 1. The molecule has 0 aliphatic carbocycles. The van der Waals surface area contributed by atoms with Crippen LogP contribution in [0.5, 0.6) is 5.88 Å². The van der Waals surface area contributed by atoms with Crippen LogP contribution < -0.4 is 5.32 Å². The maximum absolute atomic E-state index is 13.2. The lowest BCUT2D eigenvalue weighted by molar-refractivity contribution is 0.0470. The third-order valence-corrected chi connectivity index (χ3v) is 5.23. The molecule has 198 valence electrons. The van der Waals surface area contributed by atoms with Gasteiger partial charge in [0.25, 0.3) is 0 Å². The third-order valence-electron chi connectivity index (χ3n) is 5.23. The minimum Gasteiger partial charge on any atom is -0.493 e. The van der Waals surface area contributed by atoms with Gasteiger partial charge in [0.05, 0.1) is 26.3 Å². The Morgan fingerprint density at radius 1 is 0.946 bits per heavy atom. The molecule has 3 aromatic rings. The van der Waals surface area contributed by atoms with Gasteiger partial charge in [-0.05, 0) is 52.3 Å². The number of amides is 1. The van der Waals surface area contributed by atoms with Gasteiger partial charge in [-0.3, -0.25) is 4.57 Å². The van der Waals surface area contributed by atoms with Crippen LogP contribution in [0.1, 0.15) is 66.7 Å². The number of esters is 2. The van der Waals surface area contributed by atoms with Crippen molar-refractivity contribution in [2.45, 2.75) is 53.3 Å². The van der Waals surface area contributed by atoms with Gasteiger partial charge in [-0.25, -0.2) is 14.4 Å². The van der Waals surface area contributed by atoms with Crippen LogP contribution in [0.3, 0.4) is 0 Å². The summed E-state index contributed by atoms with van der Waals surface area (Å²) < 4.78 is 18.7. The molecule has 37 heavy (non-hydrogen) atoms. The van der Waals surface area contributed by atoms with Crippen molar-refractivity contribution in [3.05, 3.63) is 71.2 Å². The van der Waals surface area contributed by atoms with E-state index in [2.05, 4.69) is 5.32 Å². The van der Waals surface area contributed by atoms with Gasteiger partial charge in [0.2, 0.25) is 5.88 Å². The van der Waals surface area contributed by atoms with Gasteiger partial charge >= 0.3 is 18.0 Å². The molecular formula is C27H33N3O7. The molecule has 0 unspecified atom stereocenters. The SMILES string of the molecule is CCOC(=O)c1c(-n2cccc2CNC(=O)OC(C)(C)C)c(O)n(Cc2ccccc2)c1C(=O)OCC. The minimum absolute atomic E-state index is 0.0300. The lowest BCUT2D eigenvalue weighted by Gasteiger charge is -2.20. The highest BCUT2D eigenvalue weighted by Gasteiger charge is 2.34. The van der Waals surface area contributed by atoms with E-state index in [1.165, 1.54) is 9.13 Å². The lowest BCUT2D eigenvalue weighted by Crippen LogP contribution is -2.32. The Bertz CT molecular complexity index is 1250. The first-order valence-electron chi connectivity index (χ1n) is 12.0. The van der Waals surface area contributed by atoms with E-state index in [-0.39, 0.29) is 49.1 Å². The molecule has 0 aliphatic rings. The number of rotatable bonds is 9. The van der Waals surface area contributed by atoms with Crippen LogP contribution in [-0.2, 0) is 27.3 Å². The van der Waals surface area contributed by atoms with Crippen molar-refractivity contribution < 1.29 is 33.7 Å². The van der Waals surface area contributed by atoms with Gasteiger partial charge in [0, 0.05) is 11.9 Å². The monoisotopic (exact) mass is 511 g/mol. The van der Waals surface area contributed by atoms with E-state index in [0.29, 0.717) is 5.69 Å². The largest absolute Gasteiger partial charge is 0.493 e. The van der Waals surface area contributed by atoms with Crippen molar-refractivity contribution in [3.8, 4) is 11.6 Å². The fourth-order valence-corrected chi connectivity index (χ4v) is 3.80. The van der Waals surface area contributed by atoms with Crippen LogP contribution in [0.25, 0.3) is 5.69 Å². The van der Waals surface area contributed by atoms with Crippen LogP contribution in [0, 0.1) is 0 Å². The number of nitrogens with one attached hydrogen (secondary N) is 1. The summed E-state index contributed by atoms with van der Waals surface area (Å²) in [5.74, 6) is -1.89.